The van der Waals surface area contributed by atoms with Gasteiger partial charge in [0.1, 0.15) is 6.20 Å². The van der Waals surface area contributed by atoms with Crippen molar-refractivity contribution in [2.75, 3.05) is 0 Å². The van der Waals surface area contributed by atoms with E-state index < -0.39 is 0 Å². The van der Waals surface area contributed by atoms with Crippen molar-refractivity contribution in [2.45, 2.75) is 26.7 Å². The fourth-order valence-corrected chi connectivity index (χ4v) is 3.45. The maximum absolute atomic E-state index is 5.10. The van der Waals surface area contributed by atoms with Crippen molar-refractivity contribution >= 4 is 21.7 Å². The molecule has 25 heavy (non-hydrogen) atoms. The van der Waals surface area contributed by atoms with E-state index in [9.17, 15) is 0 Å². The Hall–Kier alpha value is -2.74. The van der Waals surface area contributed by atoms with Crippen molar-refractivity contribution in [1.82, 2.24) is 4.98 Å². The summed E-state index contributed by atoms with van der Waals surface area (Å²) in [6.45, 7) is 6.62. The zero-order valence-electron chi connectivity index (χ0n) is 15.2. The van der Waals surface area contributed by atoms with Crippen LogP contribution in [0.15, 0.2) is 60.8 Å². The summed E-state index contributed by atoms with van der Waals surface area (Å²) in [5, 5.41) is 3.61. The molecule has 0 bridgehead atoms. The molecule has 2 heteroatoms. The average molecular weight is 327 g/mol. The molecule has 1 heterocycles. The van der Waals surface area contributed by atoms with E-state index in [0.29, 0.717) is 5.92 Å². The Labute approximate surface area is 148 Å². The maximum atomic E-state index is 5.10. The Morgan fingerprint density at radius 1 is 0.920 bits per heavy atom. The smallest absolute Gasteiger partial charge is 0.232 e. The molecule has 1 aromatic heterocycles. The fourth-order valence-electron chi connectivity index (χ4n) is 3.45. The van der Waals surface area contributed by atoms with Gasteiger partial charge in [0.05, 0.1) is 18.0 Å². The normalized spacial score (nSPS) is 11.6. The van der Waals surface area contributed by atoms with Crippen LogP contribution in [0.1, 0.15) is 30.9 Å². The summed E-state index contributed by atoms with van der Waals surface area (Å²) in [5.74, 6) is 1.52. The van der Waals surface area contributed by atoms with Gasteiger partial charge >= 0.3 is 5.82 Å². The molecule has 0 spiro atoms. The lowest BCUT2D eigenvalue weighted by molar-refractivity contribution is -0.661. The van der Waals surface area contributed by atoms with Crippen molar-refractivity contribution in [1.29, 1.82) is 0 Å². The van der Waals surface area contributed by atoms with Crippen LogP contribution >= 0.6 is 0 Å². The number of rotatable bonds is 2. The van der Waals surface area contributed by atoms with E-state index in [4.69, 9.17) is 4.98 Å². The van der Waals surface area contributed by atoms with Gasteiger partial charge in [0.2, 0.25) is 0 Å². The lowest BCUT2D eigenvalue weighted by Crippen LogP contribution is -2.32. The van der Waals surface area contributed by atoms with E-state index in [1.807, 2.05) is 0 Å². The summed E-state index contributed by atoms with van der Waals surface area (Å²) in [6, 6.07) is 19.5. The highest BCUT2D eigenvalue weighted by atomic mass is 15.0. The first-order valence-corrected chi connectivity index (χ1v) is 8.83. The molecule has 0 aliphatic carbocycles. The van der Waals surface area contributed by atoms with Crippen LogP contribution in [0.25, 0.3) is 33.1 Å². The van der Waals surface area contributed by atoms with Crippen molar-refractivity contribution in [3.8, 4) is 11.4 Å². The fraction of sp³-hybridized carbons (Fsp3) is 0.217. The Morgan fingerprint density at radius 2 is 1.68 bits per heavy atom. The van der Waals surface area contributed by atoms with Crippen molar-refractivity contribution in [3.63, 3.8) is 0 Å². The minimum atomic E-state index is 0.506. The number of fused-ring (bicyclic) bond motifs is 3. The van der Waals surface area contributed by atoms with E-state index in [0.717, 1.165) is 11.3 Å². The Balaban J connectivity index is 2.04. The predicted octanol–water partition coefficient (Wildman–Crippen LogP) is 5.31. The second-order valence-electron chi connectivity index (χ2n) is 7.13. The molecular formula is C23H23N2+. The summed E-state index contributed by atoms with van der Waals surface area (Å²) in [6.07, 6.45) is 2.19. The van der Waals surface area contributed by atoms with E-state index >= 15 is 0 Å². The summed E-state index contributed by atoms with van der Waals surface area (Å²) < 4.78 is 2.14. The monoisotopic (exact) mass is 327 g/mol. The van der Waals surface area contributed by atoms with Crippen LogP contribution in [-0.4, -0.2) is 4.98 Å². The number of benzene rings is 3. The number of hydrogen-bond donors (Lipinski definition) is 0. The molecule has 0 unspecified atom stereocenters. The van der Waals surface area contributed by atoms with Gasteiger partial charge in [0, 0.05) is 5.39 Å². The zero-order chi connectivity index (χ0) is 17.6. The van der Waals surface area contributed by atoms with E-state index in [2.05, 4.69) is 93.2 Å². The summed E-state index contributed by atoms with van der Waals surface area (Å²) in [7, 11) is 2.08. The number of nitrogens with zero attached hydrogens (tertiary/aromatic N) is 2. The number of aromatic nitrogens is 2. The first-order chi connectivity index (χ1) is 12.0. The molecule has 0 fully saturated rings. The molecule has 124 valence electrons. The van der Waals surface area contributed by atoms with Crippen LogP contribution in [0.5, 0.6) is 0 Å². The van der Waals surface area contributed by atoms with Gasteiger partial charge in [0.25, 0.3) is 0 Å². The van der Waals surface area contributed by atoms with Crippen molar-refractivity contribution in [2.24, 2.45) is 7.05 Å². The van der Waals surface area contributed by atoms with Crippen LogP contribution in [-0.2, 0) is 7.05 Å². The van der Waals surface area contributed by atoms with Gasteiger partial charge in [-0.15, -0.1) is 0 Å². The molecule has 4 rings (SSSR count). The zero-order valence-corrected chi connectivity index (χ0v) is 15.2. The molecule has 0 atom stereocenters. The van der Waals surface area contributed by atoms with E-state index in [1.54, 1.807) is 0 Å². The molecule has 0 radical (unpaired) electrons. The second-order valence-corrected chi connectivity index (χ2v) is 7.13. The van der Waals surface area contributed by atoms with E-state index in [-0.39, 0.29) is 0 Å². The van der Waals surface area contributed by atoms with Crippen molar-refractivity contribution in [3.05, 3.63) is 71.9 Å². The molecule has 0 aliphatic heterocycles. The Morgan fingerprint density at radius 3 is 2.48 bits per heavy atom. The molecular weight excluding hydrogens is 304 g/mol. The minimum absolute atomic E-state index is 0.506. The quantitative estimate of drug-likeness (QED) is 0.360. The first-order valence-electron chi connectivity index (χ1n) is 8.83. The summed E-state index contributed by atoms with van der Waals surface area (Å²) in [4.78, 5) is 5.10. The van der Waals surface area contributed by atoms with Gasteiger partial charge in [-0.2, -0.15) is 0 Å². The minimum Gasteiger partial charge on any atom is -0.232 e. The SMILES string of the molecule is Cc1ccc(C(C)C)cc1-c1nc2c(ccc3ccccc32)c[n+]1C. The molecule has 3 aromatic carbocycles. The van der Waals surface area contributed by atoms with Gasteiger partial charge in [0.15, 0.2) is 5.52 Å². The third-order valence-electron chi connectivity index (χ3n) is 4.99. The van der Waals surface area contributed by atoms with Gasteiger partial charge in [-0.3, -0.25) is 0 Å². The molecule has 2 nitrogen and oxygen atoms in total. The lowest BCUT2D eigenvalue weighted by atomic mass is 9.97. The molecule has 0 saturated carbocycles. The molecule has 0 N–H and O–H groups in total. The Bertz CT molecular complexity index is 1090. The number of hydrogen-bond acceptors (Lipinski definition) is 1. The Kier molecular flexibility index (Phi) is 3.76. The van der Waals surface area contributed by atoms with Gasteiger partial charge < -0.3 is 0 Å². The highest BCUT2D eigenvalue weighted by Crippen LogP contribution is 2.28. The van der Waals surface area contributed by atoms with Gasteiger partial charge in [-0.05, 0) is 52.5 Å². The van der Waals surface area contributed by atoms with Crippen molar-refractivity contribution < 1.29 is 4.57 Å². The maximum Gasteiger partial charge on any atom is 0.331 e. The summed E-state index contributed by atoms with van der Waals surface area (Å²) >= 11 is 0. The van der Waals surface area contributed by atoms with Crippen LogP contribution in [0.4, 0.5) is 0 Å². The second kappa shape index (κ2) is 5.96. The highest BCUT2D eigenvalue weighted by molar-refractivity contribution is 6.04. The topological polar surface area (TPSA) is 16.8 Å². The highest BCUT2D eigenvalue weighted by Gasteiger charge is 2.19. The third-order valence-corrected chi connectivity index (χ3v) is 4.99. The average Bonchev–Trinajstić information content (AvgIpc) is 2.61. The van der Waals surface area contributed by atoms with Crippen LogP contribution in [0.2, 0.25) is 0 Å². The third kappa shape index (κ3) is 2.68. The molecule has 0 aliphatic rings. The lowest BCUT2D eigenvalue weighted by Gasteiger charge is -2.10. The summed E-state index contributed by atoms with van der Waals surface area (Å²) in [5.41, 5.74) is 4.89. The largest absolute Gasteiger partial charge is 0.331 e. The molecule has 0 saturated heterocycles. The number of aryl methyl sites for hydroxylation is 2. The standard InChI is InChI=1S/C23H23N2/c1-15(2)18-10-9-16(3)21(13-18)23-24-22-19(14-25(23)4)12-11-17-7-5-6-8-20(17)22/h5-15H,1-4H3/q+1. The van der Waals surface area contributed by atoms with Crippen LogP contribution in [0, 0.1) is 6.92 Å². The first kappa shape index (κ1) is 15.8. The van der Waals surface area contributed by atoms with E-state index in [1.165, 1.54) is 32.8 Å². The van der Waals surface area contributed by atoms with Crippen LogP contribution in [0.3, 0.4) is 0 Å². The molecule has 0 amide bonds. The van der Waals surface area contributed by atoms with Gasteiger partial charge in [-0.25, -0.2) is 4.57 Å². The molecule has 4 aromatic rings. The van der Waals surface area contributed by atoms with Gasteiger partial charge in [-0.1, -0.05) is 50.2 Å². The van der Waals surface area contributed by atoms with Crippen LogP contribution < -0.4 is 4.57 Å². The predicted molar refractivity (Wildman–Crippen MR) is 105 cm³/mol.